The van der Waals surface area contributed by atoms with E-state index in [9.17, 15) is 20.6 Å². The Bertz CT molecular complexity index is 1250. The van der Waals surface area contributed by atoms with Crippen molar-refractivity contribution >= 4 is 0 Å². The molecule has 8 heteroatoms. The van der Waals surface area contributed by atoms with Gasteiger partial charge in [-0.2, -0.15) is 5.26 Å². The number of ether oxygens (including phenoxy) is 2. The van der Waals surface area contributed by atoms with E-state index in [1.54, 1.807) is 24.3 Å². The van der Waals surface area contributed by atoms with Crippen LogP contribution in [0, 0.1) is 17.2 Å². The lowest BCUT2D eigenvalue weighted by Gasteiger charge is -2.41. The van der Waals surface area contributed by atoms with Crippen LogP contribution in [0.15, 0.2) is 67.0 Å². The normalized spacial score (nSPS) is 28.6. The molecule has 0 spiro atoms. The van der Waals surface area contributed by atoms with Crippen LogP contribution in [0.3, 0.4) is 0 Å². The summed E-state index contributed by atoms with van der Waals surface area (Å²) in [6.07, 6.45) is 1.76. The van der Waals surface area contributed by atoms with E-state index in [-0.39, 0.29) is 6.61 Å². The van der Waals surface area contributed by atoms with Crippen LogP contribution in [-0.2, 0) is 11.2 Å². The lowest BCUT2D eigenvalue weighted by Crippen LogP contribution is -2.52. The first-order valence-electron chi connectivity index (χ1n) is 11.5. The van der Waals surface area contributed by atoms with Gasteiger partial charge in [-0.25, -0.2) is 0 Å². The number of rotatable bonds is 7. The molecule has 0 saturated heterocycles. The molecule has 1 aromatic heterocycles. The summed E-state index contributed by atoms with van der Waals surface area (Å²) in [4.78, 5) is 4.21. The Labute approximate surface area is 203 Å². The summed E-state index contributed by atoms with van der Waals surface area (Å²) < 4.78 is 12.3. The van der Waals surface area contributed by atoms with Crippen LogP contribution in [-0.4, -0.2) is 53.2 Å². The Morgan fingerprint density at radius 1 is 1.14 bits per heavy atom. The minimum absolute atomic E-state index is 0.0529. The standard InChI is InChI=1S/C27H27N3O5/c1-34-21-15-30-16-22-24(21)26(33)25(32)20(14-29-11-12-31)23(18-5-3-2-4-6-18)27(26,35-22)19-9-7-17(13-28)8-10-19/h2-10,15-16,20,23,25,29,31-33H,11-12,14H2,1H3/t20-,23?,25-,26?,27?/m1/s1. The number of nitriles is 1. The second-order valence-electron chi connectivity index (χ2n) is 8.93. The van der Waals surface area contributed by atoms with Crippen molar-refractivity contribution in [1.29, 1.82) is 5.26 Å². The monoisotopic (exact) mass is 473 g/mol. The summed E-state index contributed by atoms with van der Waals surface area (Å²) >= 11 is 0. The molecule has 1 aliphatic heterocycles. The summed E-state index contributed by atoms with van der Waals surface area (Å²) in [5.74, 6) is -0.344. The molecule has 3 aromatic rings. The minimum Gasteiger partial charge on any atom is -0.495 e. The molecule has 3 unspecified atom stereocenters. The molecule has 5 atom stereocenters. The molecule has 5 rings (SSSR count). The van der Waals surface area contributed by atoms with Crippen molar-refractivity contribution in [2.45, 2.75) is 23.2 Å². The quantitative estimate of drug-likeness (QED) is 0.383. The molecule has 0 radical (unpaired) electrons. The van der Waals surface area contributed by atoms with Gasteiger partial charge in [0, 0.05) is 24.9 Å². The molecule has 1 aliphatic carbocycles. The molecule has 0 bridgehead atoms. The van der Waals surface area contributed by atoms with Crippen molar-refractivity contribution in [3.8, 4) is 17.6 Å². The number of fused-ring (bicyclic) bond motifs is 3. The number of methoxy groups -OCH3 is 1. The van der Waals surface area contributed by atoms with E-state index in [1.165, 1.54) is 19.5 Å². The van der Waals surface area contributed by atoms with Gasteiger partial charge >= 0.3 is 0 Å². The van der Waals surface area contributed by atoms with Crippen molar-refractivity contribution in [3.05, 3.63) is 89.2 Å². The van der Waals surface area contributed by atoms with Gasteiger partial charge in [-0.3, -0.25) is 4.98 Å². The van der Waals surface area contributed by atoms with Gasteiger partial charge in [0.1, 0.15) is 11.5 Å². The first kappa shape index (κ1) is 23.3. The lowest BCUT2D eigenvalue weighted by molar-refractivity contribution is -0.152. The van der Waals surface area contributed by atoms with Crippen molar-refractivity contribution < 1.29 is 24.8 Å². The Morgan fingerprint density at radius 2 is 1.89 bits per heavy atom. The van der Waals surface area contributed by atoms with Crippen molar-refractivity contribution in [2.24, 2.45) is 5.92 Å². The van der Waals surface area contributed by atoms with Crippen molar-refractivity contribution in [3.63, 3.8) is 0 Å². The van der Waals surface area contributed by atoms with E-state index < -0.39 is 29.1 Å². The second-order valence-corrected chi connectivity index (χ2v) is 8.93. The van der Waals surface area contributed by atoms with Crippen LogP contribution in [0.5, 0.6) is 11.5 Å². The van der Waals surface area contributed by atoms with Crippen LogP contribution in [0.1, 0.15) is 28.2 Å². The number of hydrogen-bond donors (Lipinski definition) is 4. The zero-order chi connectivity index (χ0) is 24.6. The third-order valence-corrected chi connectivity index (χ3v) is 7.28. The number of aliphatic hydroxyl groups excluding tert-OH is 2. The summed E-state index contributed by atoms with van der Waals surface area (Å²) in [6.45, 7) is 0.619. The highest BCUT2D eigenvalue weighted by Crippen LogP contribution is 2.69. The van der Waals surface area contributed by atoms with Crippen molar-refractivity contribution in [2.75, 3.05) is 26.8 Å². The van der Waals surface area contributed by atoms with E-state index in [0.29, 0.717) is 41.3 Å². The van der Waals surface area contributed by atoms with Gasteiger partial charge in [0.25, 0.3) is 0 Å². The predicted molar refractivity (Wildman–Crippen MR) is 127 cm³/mol. The zero-order valence-electron chi connectivity index (χ0n) is 19.3. The third-order valence-electron chi connectivity index (χ3n) is 7.28. The molecular formula is C27H27N3O5. The van der Waals surface area contributed by atoms with Gasteiger partial charge < -0.3 is 30.1 Å². The number of hydrogen-bond acceptors (Lipinski definition) is 8. The van der Waals surface area contributed by atoms with Crippen LogP contribution >= 0.6 is 0 Å². The van der Waals surface area contributed by atoms with Crippen molar-refractivity contribution in [1.82, 2.24) is 10.3 Å². The highest BCUT2D eigenvalue weighted by Gasteiger charge is 2.76. The smallest absolute Gasteiger partial charge is 0.177 e. The Kier molecular flexibility index (Phi) is 5.95. The number of aromatic nitrogens is 1. The van der Waals surface area contributed by atoms with Gasteiger partial charge in [0.2, 0.25) is 0 Å². The fraction of sp³-hybridized carbons (Fsp3) is 0.333. The highest BCUT2D eigenvalue weighted by molar-refractivity contribution is 5.59. The number of nitrogens with one attached hydrogen (secondary N) is 1. The summed E-state index contributed by atoms with van der Waals surface area (Å²) in [6, 6.07) is 18.7. The Hall–Kier alpha value is -3.48. The van der Waals surface area contributed by atoms with E-state index in [2.05, 4.69) is 16.4 Å². The first-order valence-corrected chi connectivity index (χ1v) is 11.5. The molecule has 1 saturated carbocycles. The van der Waals surface area contributed by atoms with Gasteiger partial charge in [-0.05, 0) is 23.3 Å². The van der Waals surface area contributed by atoms with Gasteiger partial charge in [-0.15, -0.1) is 0 Å². The third kappa shape index (κ3) is 3.24. The molecule has 0 amide bonds. The fourth-order valence-electron chi connectivity index (χ4n) is 5.90. The SMILES string of the molecule is COc1cncc2c1C1(O)[C@H](O)[C@H](CNCCO)C(c3ccccc3)C1(c1ccc(C#N)cc1)O2. The Balaban J connectivity index is 1.80. The first-order chi connectivity index (χ1) is 17.0. The molecular weight excluding hydrogens is 446 g/mol. The molecule has 8 nitrogen and oxygen atoms in total. The van der Waals surface area contributed by atoms with E-state index >= 15 is 0 Å². The molecule has 180 valence electrons. The average molecular weight is 474 g/mol. The maximum atomic E-state index is 12.6. The van der Waals surface area contributed by atoms with E-state index in [1.807, 2.05) is 30.3 Å². The minimum atomic E-state index is -1.89. The number of aliphatic hydroxyl groups is 3. The van der Waals surface area contributed by atoms with Crippen LogP contribution in [0.4, 0.5) is 0 Å². The summed E-state index contributed by atoms with van der Waals surface area (Å²) in [7, 11) is 1.48. The molecule has 2 aromatic carbocycles. The predicted octanol–water partition coefficient (Wildman–Crippen LogP) is 1.79. The van der Waals surface area contributed by atoms with Crippen LogP contribution in [0.25, 0.3) is 0 Å². The molecule has 2 aliphatic rings. The summed E-state index contributed by atoms with van der Waals surface area (Å²) in [5, 5.41) is 46.4. The highest BCUT2D eigenvalue weighted by atomic mass is 16.5. The van der Waals surface area contributed by atoms with Crippen LogP contribution < -0.4 is 14.8 Å². The van der Waals surface area contributed by atoms with Gasteiger partial charge in [0.05, 0.1) is 49.4 Å². The van der Waals surface area contributed by atoms with Crippen LogP contribution in [0.2, 0.25) is 0 Å². The Morgan fingerprint density at radius 3 is 2.54 bits per heavy atom. The maximum Gasteiger partial charge on any atom is 0.177 e. The summed E-state index contributed by atoms with van der Waals surface area (Å²) in [5.41, 5.74) is -1.02. The van der Waals surface area contributed by atoms with E-state index in [4.69, 9.17) is 9.47 Å². The number of pyridine rings is 1. The largest absolute Gasteiger partial charge is 0.495 e. The van der Waals surface area contributed by atoms with Gasteiger partial charge in [-0.1, -0.05) is 42.5 Å². The molecule has 1 fully saturated rings. The second kappa shape index (κ2) is 8.95. The maximum absolute atomic E-state index is 12.6. The number of nitrogens with zero attached hydrogens (tertiary/aromatic N) is 2. The zero-order valence-corrected chi connectivity index (χ0v) is 19.3. The van der Waals surface area contributed by atoms with Gasteiger partial charge in [0.15, 0.2) is 11.2 Å². The topological polar surface area (TPSA) is 128 Å². The average Bonchev–Trinajstić information content (AvgIpc) is 3.28. The number of benzene rings is 2. The lowest BCUT2D eigenvalue weighted by atomic mass is 9.70. The fourth-order valence-corrected chi connectivity index (χ4v) is 5.90. The molecule has 35 heavy (non-hydrogen) atoms. The van der Waals surface area contributed by atoms with E-state index in [0.717, 1.165) is 5.56 Å². The molecule has 2 heterocycles. The molecule has 4 N–H and O–H groups in total.